The molecule has 7 nitrogen and oxygen atoms in total. The molecule has 1 atom stereocenters. The van der Waals surface area contributed by atoms with Crippen LogP contribution in [0, 0.1) is 0 Å². The first-order chi connectivity index (χ1) is 11.1. The topological polar surface area (TPSA) is 80.6 Å². The monoisotopic (exact) mass is 318 g/mol. The second kappa shape index (κ2) is 6.29. The molecule has 0 spiro atoms. The van der Waals surface area contributed by atoms with Crippen LogP contribution in [0.2, 0.25) is 0 Å². The summed E-state index contributed by atoms with van der Waals surface area (Å²) in [5.74, 6) is 0.456. The van der Waals surface area contributed by atoms with E-state index in [-0.39, 0.29) is 6.61 Å². The summed E-state index contributed by atoms with van der Waals surface area (Å²) in [5.41, 5.74) is 2.12. The van der Waals surface area contributed by atoms with Gasteiger partial charge >= 0.3 is 5.97 Å². The Balaban J connectivity index is 1.91. The maximum atomic E-state index is 11.2. The van der Waals surface area contributed by atoms with E-state index in [0.29, 0.717) is 30.4 Å². The molecule has 0 aliphatic carbocycles. The Morgan fingerprint density at radius 2 is 2.09 bits per heavy atom. The van der Waals surface area contributed by atoms with Crippen LogP contribution in [0.5, 0.6) is 5.75 Å². The van der Waals surface area contributed by atoms with Gasteiger partial charge in [0.2, 0.25) is 0 Å². The fraction of sp³-hybridized carbons (Fsp3) is 0.375. The van der Waals surface area contributed by atoms with Gasteiger partial charge in [-0.3, -0.25) is 0 Å². The van der Waals surface area contributed by atoms with Gasteiger partial charge in [-0.25, -0.2) is 9.79 Å². The Hall–Kier alpha value is -2.54. The van der Waals surface area contributed by atoms with Gasteiger partial charge in [0.25, 0.3) is 0 Å². The first-order valence-corrected chi connectivity index (χ1v) is 7.21. The molecule has 0 saturated heterocycles. The van der Waals surface area contributed by atoms with Gasteiger partial charge in [-0.05, 0) is 24.3 Å². The quantitative estimate of drug-likeness (QED) is 0.908. The van der Waals surface area contributed by atoms with Crippen molar-refractivity contribution in [2.24, 2.45) is 4.99 Å². The summed E-state index contributed by atoms with van der Waals surface area (Å²) in [6.07, 6.45) is 0. The lowest BCUT2D eigenvalue weighted by molar-refractivity contribution is -0.145. The molecule has 2 aliphatic rings. The van der Waals surface area contributed by atoms with Gasteiger partial charge in [-0.1, -0.05) is 0 Å². The van der Waals surface area contributed by atoms with E-state index in [9.17, 15) is 9.90 Å². The number of likely N-dealkylation sites (N-methyl/N-ethyl adjacent to an activating group) is 1. The van der Waals surface area contributed by atoms with Gasteiger partial charge in [-0.2, -0.15) is 0 Å². The minimum atomic E-state index is -0.918. The molecule has 0 fully saturated rings. The van der Waals surface area contributed by atoms with E-state index in [1.165, 1.54) is 0 Å². The number of methoxy groups -OCH3 is 1. The highest BCUT2D eigenvalue weighted by molar-refractivity contribution is 6.02. The van der Waals surface area contributed by atoms with E-state index in [1.807, 2.05) is 24.3 Å². The normalized spacial score (nSPS) is 22.6. The second-order valence-corrected chi connectivity index (χ2v) is 5.30. The number of nitrogens with zero attached hydrogens (tertiary/aromatic N) is 2. The maximum absolute atomic E-state index is 11.2. The maximum Gasteiger partial charge on any atom is 0.329 e. The van der Waals surface area contributed by atoms with Gasteiger partial charge < -0.3 is 24.2 Å². The number of aliphatic carboxylic acids is 1. The van der Waals surface area contributed by atoms with E-state index < -0.39 is 12.0 Å². The number of rotatable bonds is 3. The molecular weight excluding hydrogens is 300 g/mol. The van der Waals surface area contributed by atoms with Gasteiger partial charge in [-0.15, -0.1) is 0 Å². The first-order valence-electron chi connectivity index (χ1n) is 7.21. The summed E-state index contributed by atoms with van der Waals surface area (Å²) in [4.78, 5) is 17.5. The van der Waals surface area contributed by atoms with Crippen LogP contribution in [0.3, 0.4) is 0 Å². The van der Waals surface area contributed by atoms with Crippen LogP contribution in [-0.2, 0) is 14.3 Å². The van der Waals surface area contributed by atoms with E-state index in [0.717, 1.165) is 11.4 Å². The number of ether oxygens (including phenoxy) is 3. The summed E-state index contributed by atoms with van der Waals surface area (Å²) < 4.78 is 16.3. The molecule has 2 aliphatic heterocycles. The zero-order chi connectivity index (χ0) is 16.4. The molecule has 0 saturated carbocycles. The molecule has 1 unspecified atom stereocenters. The molecule has 3 rings (SSSR count). The molecule has 122 valence electrons. The molecule has 0 radical (unpaired) electrons. The standard InChI is InChI=1S/C16H18N2O5/c1-18-13-8-22-7-12(15(13)23-9-14(18)16(19)20)17-10-3-5-11(21-2)6-4-10/h3-6,14H,7-9H2,1-2H3,(H,19,20). The largest absolute Gasteiger partial charge is 0.497 e. The lowest BCUT2D eigenvalue weighted by Gasteiger charge is -2.37. The van der Waals surface area contributed by atoms with Crippen LogP contribution >= 0.6 is 0 Å². The average molecular weight is 318 g/mol. The first kappa shape index (κ1) is 15.4. The van der Waals surface area contributed by atoms with Crippen LogP contribution in [0.15, 0.2) is 40.7 Å². The number of carboxylic acids is 1. The van der Waals surface area contributed by atoms with Crippen LogP contribution in [0.25, 0.3) is 0 Å². The van der Waals surface area contributed by atoms with Gasteiger partial charge in [0.05, 0.1) is 31.7 Å². The Labute approximate surface area is 133 Å². The van der Waals surface area contributed by atoms with Crippen LogP contribution in [0.1, 0.15) is 0 Å². The SMILES string of the molecule is COc1ccc(N=C2COCC3=C2OCC(C(=O)O)N3C)cc1. The average Bonchev–Trinajstić information content (AvgIpc) is 2.56. The van der Waals surface area contributed by atoms with Crippen LogP contribution < -0.4 is 4.74 Å². The molecule has 1 N–H and O–H groups in total. The van der Waals surface area contributed by atoms with Crippen molar-refractivity contribution in [3.8, 4) is 5.75 Å². The Morgan fingerprint density at radius 3 is 2.74 bits per heavy atom. The van der Waals surface area contributed by atoms with E-state index in [1.54, 1.807) is 19.1 Å². The number of carbonyl (C=O) groups is 1. The third kappa shape index (κ3) is 3.00. The number of benzene rings is 1. The molecule has 1 aromatic carbocycles. The minimum absolute atomic E-state index is 0.0896. The number of hydrogen-bond acceptors (Lipinski definition) is 6. The molecule has 0 aromatic heterocycles. The van der Waals surface area contributed by atoms with E-state index >= 15 is 0 Å². The van der Waals surface area contributed by atoms with Crippen molar-refractivity contribution in [3.63, 3.8) is 0 Å². The highest BCUT2D eigenvalue weighted by atomic mass is 16.5. The smallest absolute Gasteiger partial charge is 0.329 e. The van der Waals surface area contributed by atoms with Crippen molar-refractivity contribution in [2.75, 3.05) is 34.0 Å². The summed E-state index contributed by atoms with van der Waals surface area (Å²) in [5, 5.41) is 9.22. The molecular formula is C16H18N2O5. The molecule has 1 aromatic rings. The summed E-state index contributed by atoms with van der Waals surface area (Å²) in [6.45, 7) is 0.736. The predicted molar refractivity (Wildman–Crippen MR) is 83.1 cm³/mol. The van der Waals surface area contributed by atoms with Crippen molar-refractivity contribution in [1.29, 1.82) is 0 Å². The van der Waals surface area contributed by atoms with Crippen molar-refractivity contribution >= 4 is 17.4 Å². The van der Waals surface area contributed by atoms with E-state index in [2.05, 4.69) is 4.99 Å². The van der Waals surface area contributed by atoms with E-state index in [4.69, 9.17) is 14.2 Å². The highest BCUT2D eigenvalue weighted by Crippen LogP contribution is 2.27. The Bertz CT molecular complexity index is 666. The van der Waals surface area contributed by atoms with Crippen molar-refractivity contribution < 1.29 is 24.1 Å². The zero-order valence-electron chi connectivity index (χ0n) is 13.0. The molecule has 23 heavy (non-hydrogen) atoms. The Kier molecular flexibility index (Phi) is 4.20. The molecule has 2 heterocycles. The third-order valence-electron chi connectivity index (χ3n) is 3.90. The molecule has 0 bridgehead atoms. The van der Waals surface area contributed by atoms with Crippen molar-refractivity contribution in [3.05, 3.63) is 35.7 Å². The highest BCUT2D eigenvalue weighted by Gasteiger charge is 2.35. The fourth-order valence-corrected chi connectivity index (χ4v) is 2.57. The van der Waals surface area contributed by atoms with Gasteiger partial charge in [0.1, 0.15) is 18.1 Å². The summed E-state index contributed by atoms with van der Waals surface area (Å²) >= 11 is 0. The summed E-state index contributed by atoms with van der Waals surface area (Å²) in [6, 6.07) is 6.62. The van der Waals surface area contributed by atoms with Crippen molar-refractivity contribution in [1.82, 2.24) is 4.90 Å². The number of carboxylic acid groups (broad SMARTS) is 1. The number of hydrogen-bond donors (Lipinski definition) is 1. The number of aliphatic imine (C=N–C) groups is 1. The van der Waals surface area contributed by atoms with Crippen molar-refractivity contribution in [2.45, 2.75) is 6.04 Å². The summed E-state index contributed by atoms with van der Waals surface area (Å²) in [7, 11) is 3.34. The fourth-order valence-electron chi connectivity index (χ4n) is 2.57. The zero-order valence-corrected chi connectivity index (χ0v) is 13.0. The molecule has 0 amide bonds. The lowest BCUT2D eigenvalue weighted by atomic mass is 10.1. The van der Waals surface area contributed by atoms with Gasteiger partial charge in [0.15, 0.2) is 11.8 Å². The van der Waals surface area contributed by atoms with Crippen LogP contribution in [-0.4, -0.2) is 61.7 Å². The minimum Gasteiger partial charge on any atom is -0.497 e. The predicted octanol–water partition coefficient (Wildman–Crippen LogP) is 1.42. The lowest BCUT2D eigenvalue weighted by Crippen LogP contribution is -2.48. The Morgan fingerprint density at radius 1 is 1.35 bits per heavy atom. The third-order valence-corrected chi connectivity index (χ3v) is 3.90. The van der Waals surface area contributed by atoms with Crippen LogP contribution in [0.4, 0.5) is 5.69 Å². The van der Waals surface area contributed by atoms with Gasteiger partial charge in [0, 0.05) is 7.05 Å². The second-order valence-electron chi connectivity index (χ2n) is 5.30. The molecule has 7 heteroatoms.